The van der Waals surface area contributed by atoms with Gasteiger partial charge in [-0.15, -0.1) is 0 Å². The molecule has 3 aliphatic rings. The van der Waals surface area contributed by atoms with Crippen LogP contribution in [0.25, 0.3) is 0 Å². The van der Waals surface area contributed by atoms with Gasteiger partial charge < -0.3 is 9.80 Å². The Hall–Kier alpha value is -1.06. The lowest BCUT2D eigenvalue weighted by molar-refractivity contribution is -0.147. The number of likely N-dealkylation sites (tertiary alicyclic amines) is 2. The van der Waals surface area contributed by atoms with Gasteiger partial charge in [0.15, 0.2) is 0 Å². The lowest BCUT2D eigenvalue weighted by Gasteiger charge is -2.34. The predicted molar refractivity (Wildman–Crippen MR) is 81.7 cm³/mol. The summed E-state index contributed by atoms with van der Waals surface area (Å²) < 4.78 is 0. The van der Waals surface area contributed by atoms with Crippen LogP contribution >= 0.6 is 0 Å². The van der Waals surface area contributed by atoms with E-state index in [1.807, 2.05) is 9.80 Å². The largest absolute Gasteiger partial charge is 0.341 e. The van der Waals surface area contributed by atoms with E-state index in [9.17, 15) is 9.59 Å². The third-order valence-electron chi connectivity index (χ3n) is 5.44. The summed E-state index contributed by atoms with van der Waals surface area (Å²) in [6.45, 7) is 2.57. The van der Waals surface area contributed by atoms with Gasteiger partial charge >= 0.3 is 0 Å². The number of nitrogens with zero attached hydrogens (tertiary/aromatic N) is 2. The molecule has 118 valence electrons. The van der Waals surface area contributed by atoms with Gasteiger partial charge in [0, 0.05) is 25.6 Å². The maximum atomic E-state index is 12.8. The van der Waals surface area contributed by atoms with E-state index in [2.05, 4.69) is 0 Å². The molecule has 0 unspecified atom stereocenters. The maximum absolute atomic E-state index is 12.8. The molecule has 4 nitrogen and oxygen atoms in total. The molecule has 1 saturated carbocycles. The zero-order chi connectivity index (χ0) is 14.7. The monoisotopic (exact) mass is 292 g/mol. The highest BCUT2D eigenvalue weighted by atomic mass is 16.2. The zero-order valence-corrected chi connectivity index (χ0v) is 13.1. The summed E-state index contributed by atoms with van der Waals surface area (Å²) in [4.78, 5) is 29.4. The van der Waals surface area contributed by atoms with Gasteiger partial charge in [-0.25, -0.2) is 0 Å². The van der Waals surface area contributed by atoms with Crippen molar-refractivity contribution in [3.63, 3.8) is 0 Å². The molecule has 3 fully saturated rings. The second-order valence-electron chi connectivity index (χ2n) is 6.91. The van der Waals surface area contributed by atoms with E-state index in [4.69, 9.17) is 0 Å². The van der Waals surface area contributed by atoms with Crippen molar-refractivity contribution in [2.45, 2.75) is 70.3 Å². The summed E-state index contributed by atoms with van der Waals surface area (Å²) in [5.41, 5.74) is 0. The SMILES string of the molecule is O=C([C@@H]1CCCN1C(=O)C1CCCCC1)N1CCCCC1. The quantitative estimate of drug-likeness (QED) is 0.785. The highest BCUT2D eigenvalue weighted by Crippen LogP contribution is 2.29. The Balaban J connectivity index is 1.63. The van der Waals surface area contributed by atoms with Crippen LogP contribution < -0.4 is 0 Å². The minimum Gasteiger partial charge on any atom is -0.341 e. The molecule has 1 atom stereocenters. The first kappa shape index (κ1) is 14.9. The lowest BCUT2D eigenvalue weighted by Crippen LogP contribution is -2.50. The van der Waals surface area contributed by atoms with Gasteiger partial charge in [-0.3, -0.25) is 9.59 Å². The average molecular weight is 292 g/mol. The van der Waals surface area contributed by atoms with E-state index in [1.165, 1.54) is 25.7 Å². The molecule has 0 aromatic heterocycles. The minimum absolute atomic E-state index is 0.155. The zero-order valence-electron chi connectivity index (χ0n) is 13.1. The minimum atomic E-state index is -0.155. The van der Waals surface area contributed by atoms with Crippen molar-refractivity contribution in [3.05, 3.63) is 0 Å². The van der Waals surface area contributed by atoms with Gasteiger partial charge in [0.25, 0.3) is 0 Å². The summed E-state index contributed by atoms with van der Waals surface area (Å²) in [5, 5.41) is 0. The third kappa shape index (κ3) is 3.24. The van der Waals surface area contributed by atoms with Crippen LogP contribution in [0.3, 0.4) is 0 Å². The van der Waals surface area contributed by atoms with Crippen molar-refractivity contribution in [1.82, 2.24) is 9.80 Å². The molecule has 4 heteroatoms. The van der Waals surface area contributed by atoms with Crippen molar-refractivity contribution >= 4 is 11.8 Å². The Morgan fingerprint density at radius 3 is 2.05 bits per heavy atom. The highest BCUT2D eigenvalue weighted by Gasteiger charge is 2.39. The van der Waals surface area contributed by atoms with Crippen LogP contribution in [-0.4, -0.2) is 47.3 Å². The van der Waals surface area contributed by atoms with E-state index in [-0.39, 0.29) is 23.8 Å². The van der Waals surface area contributed by atoms with Crippen molar-refractivity contribution in [3.8, 4) is 0 Å². The Bertz CT molecular complexity index is 348. The first-order valence-electron chi connectivity index (χ1n) is 8.86. The number of amides is 2. The fourth-order valence-corrected chi connectivity index (χ4v) is 4.20. The molecule has 2 amide bonds. The fourth-order valence-electron chi connectivity index (χ4n) is 4.20. The Kier molecular flexibility index (Phi) is 4.81. The predicted octanol–water partition coefficient (Wildman–Crippen LogP) is 2.57. The fraction of sp³-hybridized carbons (Fsp3) is 0.882. The first-order chi connectivity index (χ1) is 10.3. The molecule has 0 aromatic rings. The van der Waals surface area contributed by atoms with Crippen LogP contribution in [0.4, 0.5) is 0 Å². The molecule has 0 radical (unpaired) electrons. The molecular weight excluding hydrogens is 264 g/mol. The van der Waals surface area contributed by atoms with E-state index in [1.54, 1.807) is 0 Å². The Labute approximate surface area is 127 Å². The molecule has 1 aliphatic carbocycles. The number of hydrogen-bond acceptors (Lipinski definition) is 2. The Morgan fingerprint density at radius 1 is 0.667 bits per heavy atom. The first-order valence-corrected chi connectivity index (χ1v) is 8.86. The van der Waals surface area contributed by atoms with E-state index >= 15 is 0 Å². The molecule has 2 aliphatic heterocycles. The van der Waals surface area contributed by atoms with Crippen molar-refractivity contribution in [2.75, 3.05) is 19.6 Å². The van der Waals surface area contributed by atoms with Crippen molar-refractivity contribution < 1.29 is 9.59 Å². The molecule has 2 heterocycles. The molecule has 0 aromatic carbocycles. The standard InChI is InChI=1S/C17H28N2O2/c20-16(14-8-3-1-4-9-14)19-13-7-10-15(19)17(21)18-11-5-2-6-12-18/h14-15H,1-13H2/t15-/m0/s1. The van der Waals surface area contributed by atoms with E-state index < -0.39 is 0 Å². The van der Waals surface area contributed by atoms with Crippen LogP contribution in [0.5, 0.6) is 0 Å². The van der Waals surface area contributed by atoms with Gasteiger partial charge in [-0.2, -0.15) is 0 Å². The van der Waals surface area contributed by atoms with E-state index in [0.29, 0.717) is 0 Å². The summed E-state index contributed by atoms with van der Waals surface area (Å²) in [7, 11) is 0. The van der Waals surface area contributed by atoms with Crippen LogP contribution in [0.1, 0.15) is 64.2 Å². The van der Waals surface area contributed by atoms with Gasteiger partial charge in [0.05, 0.1) is 0 Å². The van der Waals surface area contributed by atoms with Crippen LogP contribution in [-0.2, 0) is 9.59 Å². The van der Waals surface area contributed by atoms with Crippen LogP contribution in [0, 0.1) is 5.92 Å². The maximum Gasteiger partial charge on any atom is 0.245 e. The number of piperidine rings is 1. The number of carbonyl (C=O) groups is 2. The van der Waals surface area contributed by atoms with Gasteiger partial charge in [0.1, 0.15) is 6.04 Å². The molecular formula is C17H28N2O2. The van der Waals surface area contributed by atoms with E-state index in [0.717, 1.165) is 58.2 Å². The molecule has 2 saturated heterocycles. The van der Waals surface area contributed by atoms with Gasteiger partial charge in [-0.05, 0) is 44.9 Å². The normalized spacial score (nSPS) is 27.9. The van der Waals surface area contributed by atoms with Gasteiger partial charge in [-0.1, -0.05) is 19.3 Å². The summed E-state index contributed by atoms with van der Waals surface area (Å²) >= 11 is 0. The third-order valence-corrected chi connectivity index (χ3v) is 5.44. The van der Waals surface area contributed by atoms with Gasteiger partial charge in [0.2, 0.25) is 11.8 Å². The van der Waals surface area contributed by atoms with Crippen LogP contribution in [0.15, 0.2) is 0 Å². The molecule has 0 N–H and O–H groups in total. The summed E-state index contributed by atoms with van der Waals surface area (Å²) in [6, 6.07) is -0.155. The molecule has 21 heavy (non-hydrogen) atoms. The Morgan fingerprint density at radius 2 is 1.33 bits per heavy atom. The van der Waals surface area contributed by atoms with Crippen molar-refractivity contribution in [2.24, 2.45) is 5.92 Å². The number of carbonyl (C=O) groups excluding carboxylic acids is 2. The average Bonchev–Trinajstić information content (AvgIpc) is 3.04. The topological polar surface area (TPSA) is 40.6 Å². The number of rotatable bonds is 2. The molecule has 0 bridgehead atoms. The molecule has 3 rings (SSSR count). The van der Waals surface area contributed by atoms with Crippen molar-refractivity contribution in [1.29, 1.82) is 0 Å². The smallest absolute Gasteiger partial charge is 0.245 e. The summed E-state index contributed by atoms with van der Waals surface area (Å²) in [5.74, 6) is 0.674. The second-order valence-corrected chi connectivity index (χ2v) is 6.91. The summed E-state index contributed by atoms with van der Waals surface area (Å²) in [6.07, 6.45) is 11.0. The van der Waals surface area contributed by atoms with Crippen LogP contribution in [0.2, 0.25) is 0 Å². The second kappa shape index (κ2) is 6.80. The highest BCUT2D eigenvalue weighted by molar-refractivity contribution is 5.89. The number of hydrogen-bond donors (Lipinski definition) is 0. The lowest BCUT2D eigenvalue weighted by atomic mass is 9.88. The molecule has 0 spiro atoms.